The first kappa shape index (κ1) is 19.6. The van der Waals surface area contributed by atoms with Crippen molar-refractivity contribution in [3.8, 4) is 11.3 Å². The fraction of sp³-hybridized carbons (Fsp3) is 0.160. The minimum Gasteiger partial charge on any atom is -0.347 e. The van der Waals surface area contributed by atoms with Gasteiger partial charge < -0.3 is 9.80 Å². The summed E-state index contributed by atoms with van der Waals surface area (Å²) in [5, 5.41) is 2.97. The zero-order valence-corrected chi connectivity index (χ0v) is 17.3. The van der Waals surface area contributed by atoms with E-state index in [2.05, 4.69) is 18.2 Å². The van der Waals surface area contributed by atoms with Gasteiger partial charge >= 0.3 is 0 Å². The molecule has 1 heterocycles. The van der Waals surface area contributed by atoms with Gasteiger partial charge in [0.1, 0.15) is 0 Å². The smallest absolute Gasteiger partial charge is 0.254 e. The Morgan fingerprint density at radius 1 is 0.833 bits per heavy atom. The van der Waals surface area contributed by atoms with Gasteiger partial charge in [-0.25, -0.2) is 4.98 Å². The summed E-state index contributed by atoms with van der Waals surface area (Å²) in [5.74, 6) is -0.330. The molecule has 0 aliphatic carbocycles. The third-order valence-corrected chi connectivity index (χ3v) is 5.23. The molecule has 30 heavy (non-hydrogen) atoms. The van der Waals surface area contributed by atoms with Crippen molar-refractivity contribution >= 4 is 33.5 Å². The van der Waals surface area contributed by atoms with Crippen LogP contribution in [0.5, 0.6) is 0 Å². The lowest BCUT2D eigenvalue weighted by Crippen LogP contribution is -2.37. The van der Waals surface area contributed by atoms with Crippen molar-refractivity contribution < 1.29 is 9.59 Å². The molecule has 0 aliphatic heterocycles. The van der Waals surface area contributed by atoms with Crippen LogP contribution < -0.4 is 0 Å². The molecule has 4 aromatic rings. The minimum absolute atomic E-state index is 0.0199. The third-order valence-electron chi connectivity index (χ3n) is 5.23. The first-order valence-electron chi connectivity index (χ1n) is 9.79. The number of amides is 2. The molecule has 0 spiro atoms. The molecule has 5 heteroatoms. The minimum atomic E-state index is -0.203. The van der Waals surface area contributed by atoms with E-state index in [9.17, 15) is 9.59 Å². The number of aromatic nitrogens is 1. The van der Waals surface area contributed by atoms with Crippen molar-refractivity contribution in [3.63, 3.8) is 0 Å². The zero-order valence-electron chi connectivity index (χ0n) is 17.3. The van der Waals surface area contributed by atoms with Gasteiger partial charge in [-0.3, -0.25) is 9.59 Å². The van der Waals surface area contributed by atoms with Crippen LogP contribution in [0.2, 0.25) is 0 Å². The van der Waals surface area contributed by atoms with Crippen molar-refractivity contribution in [2.75, 3.05) is 27.7 Å². The lowest BCUT2D eigenvalue weighted by atomic mass is 9.99. The quantitative estimate of drug-likeness (QED) is 0.518. The van der Waals surface area contributed by atoms with E-state index < -0.39 is 0 Å². The highest BCUT2D eigenvalue weighted by atomic mass is 16.2. The molecule has 3 aromatic carbocycles. The molecule has 4 rings (SSSR count). The van der Waals surface area contributed by atoms with E-state index in [0.29, 0.717) is 5.56 Å². The summed E-state index contributed by atoms with van der Waals surface area (Å²) < 4.78 is 0. The number of nitrogens with zero attached hydrogens (tertiary/aromatic N) is 3. The molecule has 0 bridgehead atoms. The normalized spacial score (nSPS) is 10.9. The van der Waals surface area contributed by atoms with Gasteiger partial charge in [0.2, 0.25) is 5.91 Å². The molecular weight excluding hydrogens is 374 g/mol. The maximum atomic E-state index is 13.3. The first-order valence-corrected chi connectivity index (χ1v) is 9.79. The van der Waals surface area contributed by atoms with Crippen LogP contribution in [0.3, 0.4) is 0 Å². The van der Waals surface area contributed by atoms with E-state index in [1.165, 1.54) is 9.80 Å². The highest BCUT2D eigenvalue weighted by Crippen LogP contribution is 2.30. The Bertz CT molecular complexity index is 1260. The second-order valence-corrected chi connectivity index (χ2v) is 7.55. The van der Waals surface area contributed by atoms with Gasteiger partial charge in [0.05, 0.1) is 23.3 Å². The molecular formula is C25H23N3O2. The summed E-state index contributed by atoms with van der Waals surface area (Å²) in [4.78, 5) is 33.2. The maximum absolute atomic E-state index is 13.3. The van der Waals surface area contributed by atoms with Crippen LogP contribution in [0.4, 0.5) is 0 Å². The first-order chi connectivity index (χ1) is 14.5. The van der Waals surface area contributed by atoms with Crippen molar-refractivity contribution in [2.45, 2.75) is 0 Å². The van der Waals surface area contributed by atoms with Crippen LogP contribution in [0.15, 0.2) is 72.8 Å². The predicted octanol–water partition coefficient (Wildman–Crippen LogP) is 4.22. The zero-order chi connectivity index (χ0) is 21.3. The molecule has 0 atom stereocenters. The summed E-state index contributed by atoms with van der Waals surface area (Å²) in [6.45, 7) is 0.0199. The third kappa shape index (κ3) is 3.62. The molecule has 0 aliphatic rings. The molecule has 0 saturated carbocycles. The molecule has 0 unspecified atom stereocenters. The molecule has 0 saturated heterocycles. The standard InChI is InChI=1S/C25H23N3O2/c1-27(2)24(29)16-28(3)25(30)21-15-23(26-22-14-7-6-12-20(21)22)19-13-8-10-17-9-4-5-11-18(17)19/h4-15H,16H2,1-3H3. The van der Waals surface area contributed by atoms with Crippen molar-refractivity contribution in [3.05, 3.63) is 78.4 Å². The summed E-state index contributed by atoms with van der Waals surface area (Å²) in [5.41, 5.74) is 3.00. The number of hydrogen-bond donors (Lipinski definition) is 0. The molecule has 1 aromatic heterocycles. The molecule has 0 N–H and O–H groups in total. The van der Waals surface area contributed by atoms with Crippen LogP contribution in [0, 0.1) is 0 Å². The number of benzene rings is 3. The maximum Gasteiger partial charge on any atom is 0.254 e. The van der Waals surface area contributed by atoms with Crippen LogP contribution in [0.1, 0.15) is 10.4 Å². The van der Waals surface area contributed by atoms with E-state index in [-0.39, 0.29) is 18.4 Å². The lowest BCUT2D eigenvalue weighted by Gasteiger charge is -2.20. The lowest BCUT2D eigenvalue weighted by molar-refractivity contribution is -0.129. The van der Waals surface area contributed by atoms with Gasteiger partial charge in [-0.1, -0.05) is 60.7 Å². The fourth-order valence-electron chi connectivity index (χ4n) is 3.56. The van der Waals surface area contributed by atoms with Crippen LogP contribution in [-0.2, 0) is 4.79 Å². The van der Waals surface area contributed by atoms with Gasteiger partial charge in [0.15, 0.2) is 0 Å². The van der Waals surface area contributed by atoms with E-state index in [1.807, 2.05) is 54.6 Å². The molecule has 2 amide bonds. The Kier molecular flexibility index (Phi) is 5.19. The largest absolute Gasteiger partial charge is 0.347 e. The topological polar surface area (TPSA) is 53.5 Å². The number of carbonyl (C=O) groups excluding carboxylic acids is 2. The summed E-state index contributed by atoms with van der Waals surface area (Å²) in [6, 6.07) is 23.7. The fourth-order valence-corrected chi connectivity index (χ4v) is 3.56. The SMILES string of the molecule is CN(C)C(=O)CN(C)C(=O)c1cc(-c2cccc3ccccc23)nc2ccccc12. The van der Waals surface area contributed by atoms with E-state index in [0.717, 1.165) is 32.9 Å². The number of carbonyl (C=O) groups is 2. The highest BCUT2D eigenvalue weighted by molar-refractivity contribution is 6.08. The molecule has 5 nitrogen and oxygen atoms in total. The van der Waals surface area contributed by atoms with Gasteiger partial charge in [-0.2, -0.15) is 0 Å². The van der Waals surface area contributed by atoms with Gasteiger partial charge in [0.25, 0.3) is 5.91 Å². The Balaban J connectivity index is 1.86. The monoisotopic (exact) mass is 397 g/mol. The number of rotatable bonds is 4. The highest BCUT2D eigenvalue weighted by Gasteiger charge is 2.20. The number of pyridine rings is 1. The number of para-hydroxylation sites is 1. The average molecular weight is 397 g/mol. The predicted molar refractivity (Wildman–Crippen MR) is 120 cm³/mol. The number of hydrogen-bond acceptors (Lipinski definition) is 3. The summed E-state index contributed by atoms with van der Waals surface area (Å²) >= 11 is 0. The van der Waals surface area contributed by atoms with Crippen molar-refractivity contribution in [1.82, 2.24) is 14.8 Å². The Hall–Kier alpha value is -3.73. The second-order valence-electron chi connectivity index (χ2n) is 7.55. The van der Waals surface area contributed by atoms with E-state index in [1.54, 1.807) is 21.1 Å². The molecule has 0 radical (unpaired) electrons. The summed E-state index contributed by atoms with van der Waals surface area (Å²) in [6.07, 6.45) is 0. The second kappa shape index (κ2) is 7.95. The Morgan fingerprint density at radius 3 is 2.27 bits per heavy atom. The van der Waals surface area contributed by atoms with Crippen LogP contribution in [0.25, 0.3) is 32.9 Å². The van der Waals surface area contributed by atoms with Crippen molar-refractivity contribution in [2.24, 2.45) is 0 Å². The number of likely N-dealkylation sites (N-methyl/N-ethyl adjacent to an activating group) is 2. The summed E-state index contributed by atoms with van der Waals surface area (Å²) in [7, 11) is 5.01. The molecule has 0 fully saturated rings. The number of fused-ring (bicyclic) bond motifs is 2. The van der Waals surface area contributed by atoms with E-state index >= 15 is 0 Å². The van der Waals surface area contributed by atoms with E-state index in [4.69, 9.17) is 4.98 Å². The Labute approximate surface area is 175 Å². The molecule has 150 valence electrons. The van der Waals surface area contributed by atoms with Gasteiger partial charge in [-0.15, -0.1) is 0 Å². The van der Waals surface area contributed by atoms with Crippen molar-refractivity contribution in [1.29, 1.82) is 0 Å². The van der Waals surface area contributed by atoms with Gasteiger partial charge in [0, 0.05) is 32.1 Å². The Morgan fingerprint density at radius 2 is 1.50 bits per heavy atom. The van der Waals surface area contributed by atoms with Crippen LogP contribution in [-0.4, -0.2) is 54.3 Å². The van der Waals surface area contributed by atoms with Crippen LogP contribution >= 0.6 is 0 Å². The van der Waals surface area contributed by atoms with Gasteiger partial charge in [-0.05, 0) is 22.9 Å². The average Bonchev–Trinajstić information content (AvgIpc) is 2.77.